The fraction of sp³-hybridized carbons (Fsp3) is 0.0769. The number of nitriles is 1. The molecular weight excluding hydrogens is 228 g/mol. The maximum Gasteiger partial charge on any atom is 0.215 e. The minimum Gasteiger partial charge on any atom is -0.481 e. The van der Waals surface area contributed by atoms with Crippen molar-refractivity contribution in [3.8, 4) is 11.9 Å². The maximum atomic E-state index is 9.00. The van der Waals surface area contributed by atoms with Gasteiger partial charge in [0.2, 0.25) is 5.88 Å². The van der Waals surface area contributed by atoms with Gasteiger partial charge in [0.15, 0.2) is 5.82 Å². The molecule has 0 aliphatic heterocycles. The SMILES string of the molecule is COc1ccc(N)c(Nc2ccccc2C#N)n1. The summed E-state index contributed by atoms with van der Waals surface area (Å²) in [6, 6.07) is 12.6. The highest BCUT2D eigenvalue weighted by Crippen LogP contribution is 2.25. The highest BCUT2D eigenvalue weighted by atomic mass is 16.5. The van der Waals surface area contributed by atoms with Gasteiger partial charge in [-0.1, -0.05) is 12.1 Å². The van der Waals surface area contributed by atoms with Gasteiger partial charge in [0.25, 0.3) is 0 Å². The van der Waals surface area contributed by atoms with Gasteiger partial charge < -0.3 is 15.8 Å². The van der Waals surface area contributed by atoms with Crippen molar-refractivity contribution in [3.05, 3.63) is 42.0 Å². The second-order valence-corrected chi connectivity index (χ2v) is 3.57. The summed E-state index contributed by atoms with van der Waals surface area (Å²) in [5.41, 5.74) is 7.50. The molecule has 90 valence electrons. The lowest BCUT2D eigenvalue weighted by Gasteiger charge is -2.10. The fourth-order valence-corrected chi connectivity index (χ4v) is 1.48. The van der Waals surface area contributed by atoms with Gasteiger partial charge in [0.1, 0.15) is 6.07 Å². The van der Waals surface area contributed by atoms with Crippen molar-refractivity contribution >= 4 is 17.2 Å². The normalized spacial score (nSPS) is 9.56. The zero-order valence-electron chi connectivity index (χ0n) is 9.84. The Kier molecular flexibility index (Phi) is 3.30. The van der Waals surface area contributed by atoms with Crippen LogP contribution in [0.25, 0.3) is 0 Å². The number of anilines is 3. The number of aromatic nitrogens is 1. The summed E-state index contributed by atoms with van der Waals surface area (Å²) >= 11 is 0. The van der Waals surface area contributed by atoms with Gasteiger partial charge >= 0.3 is 0 Å². The molecule has 0 aliphatic rings. The van der Waals surface area contributed by atoms with Crippen LogP contribution in [0.3, 0.4) is 0 Å². The molecule has 0 amide bonds. The maximum absolute atomic E-state index is 9.00. The van der Waals surface area contributed by atoms with Crippen LogP contribution in [-0.2, 0) is 0 Å². The molecule has 5 heteroatoms. The summed E-state index contributed by atoms with van der Waals surface area (Å²) in [4.78, 5) is 4.19. The lowest BCUT2D eigenvalue weighted by atomic mass is 10.2. The van der Waals surface area contributed by atoms with E-state index in [1.165, 1.54) is 7.11 Å². The molecule has 5 nitrogen and oxygen atoms in total. The Balaban J connectivity index is 2.37. The molecule has 1 aromatic heterocycles. The largest absolute Gasteiger partial charge is 0.481 e. The lowest BCUT2D eigenvalue weighted by Crippen LogP contribution is -2.01. The molecule has 0 radical (unpaired) electrons. The number of hydrogen-bond donors (Lipinski definition) is 2. The second-order valence-electron chi connectivity index (χ2n) is 3.57. The number of methoxy groups -OCH3 is 1. The van der Waals surface area contributed by atoms with E-state index in [1.54, 1.807) is 30.3 Å². The third kappa shape index (κ3) is 2.33. The Morgan fingerprint density at radius 1 is 1.28 bits per heavy atom. The minimum absolute atomic E-state index is 0.459. The van der Waals surface area contributed by atoms with E-state index >= 15 is 0 Å². The number of hydrogen-bond acceptors (Lipinski definition) is 5. The molecule has 3 N–H and O–H groups in total. The highest BCUT2D eigenvalue weighted by Gasteiger charge is 2.06. The number of pyridine rings is 1. The minimum atomic E-state index is 0.459. The average molecular weight is 240 g/mol. The Labute approximate surface area is 105 Å². The van der Waals surface area contributed by atoms with Gasteiger partial charge in [-0.05, 0) is 18.2 Å². The van der Waals surface area contributed by atoms with E-state index < -0.39 is 0 Å². The molecule has 0 fully saturated rings. The zero-order chi connectivity index (χ0) is 13.0. The van der Waals surface area contributed by atoms with Crippen LogP contribution >= 0.6 is 0 Å². The highest BCUT2D eigenvalue weighted by molar-refractivity contribution is 5.72. The summed E-state index contributed by atoms with van der Waals surface area (Å²) in [5.74, 6) is 0.929. The second kappa shape index (κ2) is 5.06. The van der Waals surface area contributed by atoms with Crippen molar-refractivity contribution < 1.29 is 4.74 Å². The Bertz CT molecular complexity index is 604. The van der Waals surface area contributed by atoms with E-state index in [1.807, 2.05) is 6.07 Å². The van der Waals surface area contributed by atoms with E-state index in [4.69, 9.17) is 15.7 Å². The Morgan fingerprint density at radius 3 is 2.78 bits per heavy atom. The van der Waals surface area contributed by atoms with Crippen molar-refractivity contribution in [2.24, 2.45) is 0 Å². The molecule has 1 aromatic carbocycles. The first-order valence-electron chi connectivity index (χ1n) is 5.31. The number of benzene rings is 1. The molecule has 2 rings (SSSR count). The number of para-hydroxylation sites is 1. The first kappa shape index (κ1) is 11.7. The smallest absolute Gasteiger partial charge is 0.215 e. The summed E-state index contributed by atoms with van der Waals surface area (Å²) in [5, 5.41) is 12.0. The van der Waals surface area contributed by atoms with Gasteiger partial charge in [-0.25, -0.2) is 0 Å². The molecule has 18 heavy (non-hydrogen) atoms. The van der Waals surface area contributed by atoms with Crippen molar-refractivity contribution in [1.29, 1.82) is 5.26 Å². The molecule has 0 saturated carbocycles. The third-order valence-electron chi connectivity index (χ3n) is 2.41. The van der Waals surface area contributed by atoms with Gasteiger partial charge in [-0.2, -0.15) is 10.2 Å². The molecule has 1 heterocycles. The Hall–Kier alpha value is -2.74. The summed E-state index contributed by atoms with van der Waals surface area (Å²) in [6.45, 7) is 0. The van der Waals surface area contributed by atoms with Crippen molar-refractivity contribution in [2.75, 3.05) is 18.2 Å². The molecule has 0 saturated heterocycles. The molecule has 0 unspecified atom stereocenters. The van der Waals surface area contributed by atoms with Crippen LogP contribution in [0, 0.1) is 11.3 Å². The van der Waals surface area contributed by atoms with Crippen LogP contribution in [0.5, 0.6) is 5.88 Å². The quantitative estimate of drug-likeness (QED) is 0.859. The Morgan fingerprint density at radius 2 is 2.06 bits per heavy atom. The topological polar surface area (TPSA) is 84.0 Å². The number of nitrogens with two attached hydrogens (primary N) is 1. The third-order valence-corrected chi connectivity index (χ3v) is 2.41. The van der Waals surface area contributed by atoms with Crippen LogP contribution in [0.15, 0.2) is 36.4 Å². The summed E-state index contributed by atoms with van der Waals surface area (Å²) in [7, 11) is 1.53. The van der Waals surface area contributed by atoms with E-state index in [2.05, 4.69) is 16.4 Å². The molecule has 0 spiro atoms. The van der Waals surface area contributed by atoms with Gasteiger partial charge in [-0.15, -0.1) is 0 Å². The van der Waals surface area contributed by atoms with E-state index in [0.717, 1.165) is 0 Å². The van der Waals surface area contributed by atoms with Gasteiger partial charge in [-0.3, -0.25) is 0 Å². The van der Waals surface area contributed by atoms with Crippen LogP contribution in [0.1, 0.15) is 5.56 Å². The molecule has 0 aliphatic carbocycles. The van der Waals surface area contributed by atoms with Gasteiger partial charge in [0, 0.05) is 6.07 Å². The van der Waals surface area contributed by atoms with Crippen molar-refractivity contribution in [2.45, 2.75) is 0 Å². The molecule has 2 aromatic rings. The monoisotopic (exact) mass is 240 g/mol. The van der Waals surface area contributed by atoms with Crippen LogP contribution in [0.4, 0.5) is 17.2 Å². The lowest BCUT2D eigenvalue weighted by molar-refractivity contribution is 0.398. The number of nitrogens with zero attached hydrogens (tertiary/aromatic N) is 2. The fourth-order valence-electron chi connectivity index (χ4n) is 1.48. The van der Waals surface area contributed by atoms with Crippen LogP contribution in [0.2, 0.25) is 0 Å². The van der Waals surface area contributed by atoms with E-state index in [-0.39, 0.29) is 0 Å². The number of nitrogens with one attached hydrogen (secondary N) is 1. The molecule has 0 bridgehead atoms. The summed E-state index contributed by atoms with van der Waals surface area (Å²) < 4.78 is 5.03. The molecule has 0 atom stereocenters. The van der Waals surface area contributed by atoms with E-state index in [0.29, 0.717) is 28.6 Å². The first-order chi connectivity index (χ1) is 8.74. The number of ether oxygens (including phenoxy) is 1. The van der Waals surface area contributed by atoms with Crippen molar-refractivity contribution in [3.63, 3.8) is 0 Å². The zero-order valence-corrected chi connectivity index (χ0v) is 9.84. The number of rotatable bonds is 3. The number of nitrogen functional groups attached to an aromatic ring is 1. The predicted molar refractivity (Wildman–Crippen MR) is 69.6 cm³/mol. The standard InChI is InChI=1S/C13H12N4O/c1-18-12-7-6-10(15)13(17-12)16-11-5-3-2-4-9(11)8-14/h2-7H,15H2,1H3,(H,16,17). The van der Waals surface area contributed by atoms with E-state index in [9.17, 15) is 0 Å². The van der Waals surface area contributed by atoms with Crippen LogP contribution < -0.4 is 15.8 Å². The predicted octanol–water partition coefficient (Wildman–Crippen LogP) is 2.29. The average Bonchev–Trinajstić information content (AvgIpc) is 2.42. The van der Waals surface area contributed by atoms with Crippen LogP contribution in [-0.4, -0.2) is 12.1 Å². The van der Waals surface area contributed by atoms with Gasteiger partial charge in [0.05, 0.1) is 24.0 Å². The molecular formula is C13H12N4O. The van der Waals surface area contributed by atoms with Crippen molar-refractivity contribution in [1.82, 2.24) is 4.98 Å². The first-order valence-corrected chi connectivity index (χ1v) is 5.31. The summed E-state index contributed by atoms with van der Waals surface area (Å²) in [6.07, 6.45) is 0.